The Morgan fingerprint density at radius 1 is 1.43 bits per heavy atom. The Balaban J connectivity index is 2.53. The number of carbonyl (C=O) groups is 1. The summed E-state index contributed by atoms with van der Waals surface area (Å²) in [5, 5.41) is 9.00. The van der Waals surface area contributed by atoms with Gasteiger partial charge in [0.1, 0.15) is 10.9 Å². The van der Waals surface area contributed by atoms with E-state index in [0.29, 0.717) is 0 Å². The van der Waals surface area contributed by atoms with E-state index in [1.165, 1.54) is 23.9 Å². The second-order valence-corrected chi connectivity index (χ2v) is 8.46. The van der Waals surface area contributed by atoms with Gasteiger partial charge in [0.05, 0.1) is 10.4 Å². The van der Waals surface area contributed by atoms with Crippen LogP contribution in [0.2, 0.25) is 5.02 Å². The Morgan fingerprint density at radius 3 is 2.57 bits per heavy atom. The molecule has 1 fully saturated rings. The molecule has 1 N–H and O–H groups in total. The molecule has 0 bridgehead atoms. The molecule has 2 rings (SSSR count). The van der Waals surface area contributed by atoms with E-state index in [4.69, 9.17) is 11.6 Å². The fourth-order valence-corrected chi connectivity index (χ4v) is 6.47. The van der Waals surface area contributed by atoms with Crippen LogP contribution in [0.5, 0.6) is 0 Å². The molecule has 1 heterocycles. The van der Waals surface area contributed by atoms with Crippen molar-refractivity contribution in [3.8, 4) is 0 Å². The zero-order valence-electron chi connectivity index (χ0n) is 11.6. The first kappa shape index (κ1) is 16.6. The van der Waals surface area contributed by atoms with Crippen molar-refractivity contribution in [3.05, 3.63) is 29.3 Å². The van der Waals surface area contributed by atoms with Crippen LogP contribution in [0.4, 0.5) is 0 Å². The Bertz CT molecular complexity index is 647. The highest BCUT2D eigenvalue weighted by atomic mass is 35.5. The number of rotatable bonds is 4. The lowest BCUT2D eigenvalue weighted by Gasteiger charge is -2.29. The van der Waals surface area contributed by atoms with Crippen molar-refractivity contribution in [3.63, 3.8) is 0 Å². The minimum atomic E-state index is -3.96. The summed E-state index contributed by atoms with van der Waals surface area (Å²) in [7, 11) is -3.96. The van der Waals surface area contributed by atoms with Gasteiger partial charge in [-0.05, 0) is 18.1 Å². The van der Waals surface area contributed by atoms with Gasteiger partial charge in [0, 0.05) is 5.75 Å². The lowest BCUT2D eigenvalue weighted by molar-refractivity contribution is -0.140. The van der Waals surface area contributed by atoms with Crippen molar-refractivity contribution >= 4 is 39.4 Å². The quantitative estimate of drug-likeness (QED) is 0.904. The van der Waals surface area contributed by atoms with Crippen LogP contribution in [-0.4, -0.2) is 41.0 Å². The van der Waals surface area contributed by atoms with Gasteiger partial charge in [-0.15, -0.1) is 11.8 Å². The summed E-state index contributed by atoms with van der Waals surface area (Å²) in [6.07, 6.45) is 0. The first-order chi connectivity index (χ1) is 9.76. The molecule has 1 aromatic rings. The molecule has 2 unspecified atom stereocenters. The van der Waals surface area contributed by atoms with Crippen LogP contribution in [0.1, 0.15) is 13.8 Å². The molecular weight excluding hydrogens is 334 g/mol. The molecule has 0 saturated carbocycles. The Hall–Kier alpha value is -0.760. The van der Waals surface area contributed by atoms with E-state index in [9.17, 15) is 18.3 Å². The van der Waals surface area contributed by atoms with Crippen molar-refractivity contribution in [1.29, 1.82) is 0 Å². The Labute approximate surface area is 133 Å². The number of halogens is 1. The zero-order chi connectivity index (χ0) is 15.8. The molecule has 8 heteroatoms. The molecule has 0 aliphatic carbocycles. The van der Waals surface area contributed by atoms with Gasteiger partial charge in [0.15, 0.2) is 0 Å². The largest absolute Gasteiger partial charge is 0.480 e. The number of benzene rings is 1. The number of carboxylic acid groups (broad SMARTS) is 1. The standard InChI is InChI=1S/C13H16ClNO4S2/c1-8(2)12-15(10(7-20-12)13(16)17)21(18,19)11-6-4-3-5-9(11)14/h3-6,8,10,12H,7H2,1-2H3,(H,16,17). The molecular formula is C13H16ClNO4S2. The molecule has 5 nitrogen and oxygen atoms in total. The molecule has 0 radical (unpaired) electrons. The van der Waals surface area contributed by atoms with Crippen LogP contribution in [0.3, 0.4) is 0 Å². The smallest absolute Gasteiger partial charge is 0.322 e. The first-order valence-corrected chi connectivity index (χ1v) is 9.26. The van der Waals surface area contributed by atoms with Gasteiger partial charge in [-0.3, -0.25) is 4.79 Å². The maximum Gasteiger partial charge on any atom is 0.322 e. The summed E-state index contributed by atoms with van der Waals surface area (Å²) in [5.74, 6) is -0.903. The van der Waals surface area contributed by atoms with Crippen molar-refractivity contribution in [1.82, 2.24) is 4.31 Å². The molecule has 0 aromatic heterocycles. The SMILES string of the molecule is CC(C)C1SCC(C(=O)O)N1S(=O)(=O)c1ccccc1Cl. The van der Waals surface area contributed by atoms with Crippen LogP contribution in [0.15, 0.2) is 29.2 Å². The van der Waals surface area contributed by atoms with Gasteiger partial charge in [-0.25, -0.2) is 8.42 Å². The minimum absolute atomic E-state index is 0.00314. The van der Waals surface area contributed by atoms with Crippen LogP contribution in [0, 0.1) is 5.92 Å². The van der Waals surface area contributed by atoms with E-state index in [1.807, 2.05) is 13.8 Å². The molecule has 1 aliphatic heterocycles. The highest BCUT2D eigenvalue weighted by Crippen LogP contribution is 2.39. The molecule has 1 aliphatic rings. The number of hydrogen-bond donors (Lipinski definition) is 1. The van der Waals surface area contributed by atoms with Gasteiger partial charge in [-0.1, -0.05) is 37.6 Å². The number of nitrogens with zero attached hydrogens (tertiary/aromatic N) is 1. The van der Waals surface area contributed by atoms with Crippen LogP contribution >= 0.6 is 23.4 Å². The van der Waals surface area contributed by atoms with Gasteiger partial charge in [0.25, 0.3) is 0 Å². The van der Waals surface area contributed by atoms with E-state index < -0.39 is 27.4 Å². The van der Waals surface area contributed by atoms with Crippen LogP contribution in [-0.2, 0) is 14.8 Å². The molecule has 116 valence electrons. The third-order valence-corrected chi connectivity index (χ3v) is 7.38. The number of hydrogen-bond acceptors (Lipinski definition) is 4. The van der Waals surface area contributed by atoms with Gasteiger partial charge in [-0.2, -0.15) is 4.31 Å². The summed E-state index contributed by atoms with van der Waals surface area (Å²) in [6.45, 7) is 3.74. The van der Waals surface area contributed by atoms with E-state index in [1.54, 1.807) is 12.1 Å². The van der Waals surface area contributed by atoms with E-state index in [0.717, 1.165) is 4.31 Å². The fraction of sp³-hybridized carbons (Fsp3) is 0.462. The second kappa shape index (κ2) is 6.16. The second-order valence-electron chi connectivity index (χ2n) is 5.09. The van der Waals surface area contributed by atoms with E-state index >= 15 is 0 Å². The predicted octanol–water partition coefficient (Wildman–Crippen LogP) is 2.51. The summed E-state index contributed by atoms with van der Waals surface area (Å²) in [6, 6.07) is 5.02. The lowest BCUT2D eigenvalue weighted by atomic mass is 10.2. The monoisotopic (exact) mass is 349 g/mol. The topological polar surface area (TPSA) is 74.7 Å². The molecule has 0 amide bonds. The van der Waals surface area contributed by atoms with Gasteiger partial charge >= 0.3 is 5.97 Å². The molecule has 1 aromatic carbocycles. The van der Waals surface area contributed by atoms with Crippen molar-refractivity contribution in [2.75, 3.05) is 5.75 Å². The predicted molar refractivity (Wildman–Crippen MR) is 83.0 cm³/mol. The first-order valence-electron chi connectivity index (χ1n) is 6.39. The number of thioether (sulfide) groups is 1. The highest BCUT2D eigenvalue weighted by molar-refractivity contribution is 8.01. The van der Waals surface area contributed by atoms with E-state index in [2.05, 4.69) is 0 Å². The highest BCUT2D eigenvalue weighted by Gasteiger charge is 2.47. The van der Waals surface area contributed by atoms with Crippen LogP contribution < -0.4 is 0 Å². The zero-order valence-corrected chi connectivity index (χ0v) is 14.0. The molecule has 1 saturated heterocycles. The van der Waals surface area contributed by atoms with E-state index in [-0.39, 0.29) is 21.6 Å². The molecule has 2 atom stereocenters. The number of sulfonamides is 1. The maximum atomic E-state index is 12.8. The van der Waals surface area contributed by atoms with Crippen molar-refractivity contribution in [2.45, 2.75) is 30.2 Å². The average molecular weight is 350 g/mol. The number of carboxylic acids is 1. The molecule has 0 spiro atoms. The normalized spacial score (nSPS) is 23.6. The van der Waals surface area contributed by atoms with Gasteiger partial charge in [0.2, 0.25) is 10.0 Å². The summed E-state index contributed by atoms with van der Waals surface area (Å²) in [5.41, 5.74) is 0. The summed E-state index contributed by atoms with van der Waals surface area (Å²) in [4.78, 5) is 11.3. The third-order valence-electron chi connectivity index (χ3n) is 3.23. The van der Waals surface area contributed by atoms with Crippen molar-refractivity contribution in [2.24, 2.45) is 5.92 Å². The average Bonchev–Trinajstić information content (AvgIpc) is 2.84. The Morgan fingerprint density at radius 2 is 2.05 bits per heavy atom. The Kier molecular flexibility index (Phi) is 4.87. The lowest BCUT2D eigenvalue weighted by Crippen LogP contribution is -2.47. The maximum absolute atomic E-state index is 12.8. The minimum Gasteiger partial charge on any atom is -0.480 e. The van der Waals surface area contributed by atoms with Crippen molar-refractivity contribution < 1.29 is 18.3 Å². The van der Waals surface area contributed by atoms with Crippen LogP contribution in [0.25, 0.3) is 0 Å². The summed E-state index contributed by atoms with van der Waals surface area (Å²) < 4.78 is 26.8. The number of aliphatic carboxylic acids is 1. The summed E-state index contributed by atoms with van der Waals surface area (Å²) >= 11 is 7.33. The molecule has 21 heavy (non-hydrogen) atoms. The third kappa shape index (κ3) is 3.06. The van der Waals surface area contributed by atoms with Gasteiger partial charge < -0.3 is 5.11 Å². The fourth-order valence-electron chi connectivity index (χ4n) is 2.25.